The molecule has 120 valence electrons. The maximum atomic E-state index is 2.29. The number of fused-ring (bicyclic) bond motifs is 3. The Kier molecular flexibility index (Phi) is 2.90. The number of aromatic nitrogens is 1. The predicted molar refractivity (Wildman–Crippen MR) is 104 cm³/mol. The molecule has 1 heterocycles. The zero-order chi connectivity index (χ0) is 17.1. The van der Waals surface area contributed by atoms with E-state index < -0.39 is 0 Å². The Morgan fingerprint density at radius 3 is 2.20 bits per heavy atom. The van der Waals surface area contributed by atoms with E-state index in [1.807, 2.05) is 0 Å². The van der Waals surface area contributed by atoms with Crippen LogP contribution in [0.15, 0.2) is 66.9 Å². The lowest BCUT2D eigenvalue weighted by Gasteiger charge is -2.12. The van der Waals surface area contributed by atoms with Crippen LogP contribution >= 0.6 is 0 Å². The van der Waals surface area contributed by atoms with Gasteiger partial charge in [-0.15, -0.1) is 0 Å². The lowest BCUT2D eigenvalue weighted by Crippen LogP contribution is -2.31. The van der Waals surface area contributed by atoms with Crippen LogP contribution in [-0.2, 0) is 7.05 Å². The Balaban J connectivity index is 1.93. The molecule has 0 atom stereocenters. The first-order valence-electron chi connectivity index (χ1n) is 8.78. The highest BCUT2D eigenvalue weighted by molar-refractivity contribution is 6.18. The minimum absolute atomic E-state index is 1.27. The fraction of sp³-hybridized carbons (Fsp3) is 0.125. The van der Waals surface area contributed by atoms with Crippen molar-refractivity contribution >= 4 is 10.8 Å². The van der Waals surface area contributed by atoms with Crippen LogP contribution in [0.25, 0.3) is 44.3 Å². The largest absolute Gasteiger partial charge is 0.213 e. The fourth-order valence-electron chi connectivity index (χ4n) is 4.32. The summed E-state index contributed by atoms with van der Waals surface area (Å²) in [7, 11) is 2.14. The summed E-state index contributed by atoms with van der Waals surface area (Å²) in [6.07, 6.45) is 2.21. The third-order valence-electron chi connectivity index (χ3n) is 5.42. The normalized spacial score (nSPS) is 11.8. The van der Waals surface area contributed by atoms with Gasteiger partial charge >= 0.3 is 0 Å². The summed E-state index contributed by atoms with van der Waals surface area (Å²) in [4.78, 5) is 0. The molecule has 0 fully saturated rings. The van der Waals surface area contributed by atoms with Crippen molar-refractivity contribution in [3.63, 3.8) is 0 Å². The second-order valence-electron chi connectivity index (χ2n) is 7.09. The van der Waals surface area contributed by atoms with Crippen molar-refractivity contribution in [2.75, 3.05) is 0 Å². The molecular weight excluding hydrogens is 302 g/mol. The van der Waals surface area contributed by atoms with E-state index in [2.05, 4.69) is 92.3 Å². The Morgan fingerprint density at radius 1 is 0.680 bits per heavy atom. The van der Waals surface area contributed by atoms with Crippen LogP contribution in [0.4, 0.5) is 0 Å². The topological polar surface area (TPSA) is 3.88 Å². The van der Waals surface area contributed by atoms with Crippen molar-refractivity contribution in [1.82, 2.24) is 0 Å². The predicted octanol–water partition coefficient (Wildman–Crippen LogP) is 5.60. The smallest absolute Gasteiger partial charge is 0.201 e. The molecule has 3 aromatic carbocycles. The standard InChI is InChI=1S/C24H20N/c1-15-10-13-21(25(3)14-15)22-16(2)11-12-19-18-8-4-6-17-7-5-9-20(23(17)18)24(19)22/h4-14H,1-3H3/q+1. The molecule has 0 bridgehead atoms. The lowest BCUT2D eigenvalue weighted by molar-refractivity contribution is -0.660. The van der Waals surface area contributed by atoms with Gasteiger partial charge in [0.15, 0.2) is 6.20 Å². The number of hydrogen-bond acceptors (Lipinski definition) is 0. The average Bonchev–Trinajstić information content (AvgIpc) is 2.93. The number of pyridine rings is 1. The van der Waals surface area contributed by atoms with Gasteiger partial charge in [0.1, 0.15) is 7.05 Å². The van der Waals surface area contributed by atoms with Crippen LogP contribution in [0.5, 0.6) is 0 Å². The van der Waals surface area contributed by atoms with Crippen LogP contribution in [0.2, 0.25) is 0 Å². The number of benzene rings is 3. The highest BCUT2D eigenvalue weighted by Gasteiger charge is 2.27. The zero-order valence-electron chi connectivity index (χ0n) is 14.8. The summed E-state index contributed by atoms with van der Waals surface area (Å²) >= 11 is 0. The first-order valence-corrected chi connectivity index (χ1v) is 8.78. The molecule has 1 aromatic heterocycles. The van der Waals surface area contributed by atoms with E-state index in [4.69, 9.17) is 0 Å². The van der Waals surface area contributed by atoms with Crippen molar-refractivity contribution in [3.05, 3.63) is 78.0 Å². The molecule has 1 aliphatic rings. The molecule has 0 saturated carbocycles. The second-order valence-corrected chi connectivity index (χ2v) is 7.09. The summed E-state index contributed by atoms with van der Waals surface area (Å²) < 4.78 is 2.25. The van der Waals surface area contributed by atoms with E-state index >= 15 is 0 Å². The minimum Gasteiger partial charge on any atom is -0.201 e. The van der Waals surface area contributed by atoms with Gasteiger partial charge in [0.2, 0.25) is 5.69 Å². The number of hydrogen-bond donors (Lipinski definition) is 0. The molecule has 0 unspecified atom stereocenters. The molecule has 1 nitrogen and oxygen atoms in total. The first-order chi connectivity index (χ1) is 12.1. The van der Waals surface area contributed by atoms with Crippen LogP contribution in [0.3, 0.4) is 0 Å². The highest BCUT2D eigenvalue weighted by Crippen LogP contribution is 2.51. The van der Waals surface area contributed by atoms with Gasteiger partial charge in [-0.1, -0.05) is 48.5 Å². The molecule has 25 heavy (non-hydrogen) atoms. The van der Waals surface area contributed by atoms with Gasteiger partial charge in [-0.2, -0.15) is 0 Å². The number of nitrogens with zero attached hydrogens (tertiary/aromatic N) is 1. The van der Waals surface area contributed by atoms with Crippen molar-refractivity contribution < 1.29 is 4.57 Å². The molecule has 1 heteroatoms. The maximum Gasteiger partial charge on any atom is 0.213 e. The zero-order valence-corrected chi connectivity index (χ0v) is 14.8. The molecule has 5 rings (SSSR count). The quantitative estimate of drug-likeness (QED) is 0.354. The third kappa shape index (κ3) is 1.93. The van der Waals surface area contributed by atoms with Crippen LogP contribution < -0.4 is 4.57 Å². The molecule has 0 spiro atoms. The number of aryl methyl sites for hydroxylation is 3. The Labute approximate surface area is 148 Å². The van der Waals surface area contributed by atoms with Gasteiger partial charge in [-0.05, 0) is 52.9 Å². The number of rotatable bonds is 1. The summed E-state index contributed by atoms with van der Waals surface area (Å²) in [5, 5.41) is 2.71. The SMILES string of the molecule is Cc1ccc(-c2c(C)ccc3c2-c2cccc4cccc-3c24)[n+](C)c1. The monoisotopic (exact) mass is 322 g/mol. The van der Waals surface area contributed by atoms with Crippen molar-refractivity contribution in [3.8, 4) is 33.5 Å². The van der Waals surface area contributed by atoms with Crippen LogP contribution in [0, 0.1) is 13.8 Å². The Hall–Kier alpha value is -2.93. The van der Waals surface area contributed by atoms with E-state index in [9.17, 15) is 0 Å². The van der Waals surface area contributed by atoms with Crippen molar-refractivity contribution in [2.24, 2.45) is 7.05 Å². The van der Waals surface area contributed by atoms with Crippen LogP contribution in [-0.4, -0.2) is 0 Å². The molecule has 0 aliphatic heterocycles. The molecule has 0 saturated heterocycles. The molecule has 0 amide bonds. The molecule has 0 N–H and O–H groups in total. The van der Waals surface area contributed by atoms with E-state index in [-0.39, 0.29) is 0 Å². The van der Waals surface area contributed by atoms with E-state index in [1.165, 1.54) is 55.4 Å². The van der Waals surface area contributed by atoms with Gasteiger partial charge in [0.05, 0.1) is 5.56 Å². The van der Waals surface area contributed by atoms with E-state index in [1.54, 1.807) is 0 Å². The van der Waals surface area contributed by atoms with Gasteiger partial charge in [-0.3, -0.25) is 0 Å². The highest BCUT2D eigenvalue weighted by atomic mass is 14.9. The summed E-state index contributed by atoms with van der Waals surface area (Å²) in [6.45, 7) is 4.36. The second kappa shape index (κ2) is 5.03. The molecule has 4 aromatic rings. The minimum atomic E-state index is 1.27. The van der Waals surface area contributed by atoms with Gasteiger partial charge < -0.3 is 0 Å². The fourth-order valence-corrected chi connectivity index (χ4v) is 4.32. The van der Waals surface area contributed by atoms with E-state index in [0.29, 0.717) is 0 Å². The third-order valence-corrected chi connectivity index (χ3v) is 5.42. The van der Waals surface area contributed by atoms with E-state index in [0.717, 1.165) is 0 Å². The van der Waals surface area contributed by atoms with Gasteiger partial charge in [-0.25, -0.2) is 4.57 Å². The summed E-state index contributed by atoms with van der Waals surface area (Å²) in [5.41, 5.74) is 10.7. The lowest BCUT2D eigenvalue weighted by atomic mass is 9.91. The van der Waals surface area contributed by atoms with Crippen LogP contribution in [0.1, 0.15) is 11.1 Å². The van der Waals surface area contributed by atoms with Gasteiger partial charge in [0, 0.05) is 17.2 Å². The van der Waals surface area contributed by atoms with Crippen molar-refractivity contribution in [2.45, 2.75) is 13.8 Å². The molecule has 1 aliphatic carbocycles. The Bertz CT molecular complexity index is 1160. The first kappa shape index (κ1) is 14.4. The molecule has 0 radical (unpaired) electrons. The molecular formula is C24H20N+. The average molecular weight is 322 g/mol. The summed E-state index contributed by atoms with van der Waals surface area (Å²) in [6, 6.07) is 22.3. The van der Waals surface area contributed by atoms with Crippen molar-refractivity contribution in [1.29, 1.82) is 0 Å². The maximum absolute atomic E-state index is 2.29. The van der Waals surface area contributed by atoms with Gasteiger partial charge in [0.25, 0.3) is 0 Å². The Morgan fingerprint density at radius 2 is 1.44 bits per heavy atom. The summed E-state index contributed by atoms with van der Waals surface area (Å²) in [5.74, 6) is 0.